The maximum Gasteiger partial charge on any atom is 0.293 e. The molecule has 0 bridgehead atoms. The number of furan rings is 1. The number of aromatic nitrogens is 1. The molecule has 0 fully saturated rings. The van der Waals surface area contributed by atoms with Gasteiger partial charge >= 0.3 is 0 Å². The fourth-order valence-corrected chi connectivity index (χ4v) is 2.25. The Morgan fingerprint density at radius 3 is 2.94 bits per heavy atom. The van der Waals surface area contributed by atoms with Crippen LogP contribution in [0.2, 0.25) is 0 Å². The predicted octanol–water partition coefficient (Wildman–Crippen LogP) is 2.58. The summed E-state index contributed by atoms with van der Waals surface area (Å²) in [7, 11) is 1.87. The third-order valence-electron chi connectivity index (χ3n) is 2.69. The molecule has 18 heavy (non-hydrogen) atoms. The molecular formula is C12H15N3O2S. The highest BCUT2D eigenvalue weighted by Crippen LogP contribution is 2.21. The van der Waals surface area contributed by atoms with E-state index in [9.17, 15) is 4.79 Å². The highest BCUT2D eigenvalue weighted by atomic mass is 32.1. The molecule has 96 valence electrons. The normalized spacial score (nSPS) is 12.4. The van der Waals surface area contributed by atoms with Crippen LogP contribution in [0.3, 0.4) is 0 Å². The summed E-state index contributed by atoms with van der Waals surface area (Å²) in [6.07, 6.45) is 1.50. The van der Waals surface area contributed by atoms with Crippen LogP contribution in [0.1, 0.15) is 34.8 Å². The van der Waals surface area contributed by atoms with Crippen LogP contribution >= 0.6 is 11.3 Å². The highest BCUT2D eigenvalue weighted by molar-refractivity contribution is 7.14. The van der Waals surface area contributed by atoms with Gasteiger partial charge in [-0.15, -0.1) is 11.3 Å². The van der Waals surface area contributed by atoms with Crippen LogP contribution in [0, 0.1) is 6.92 Å². The molecule has 1 atom stereocenters. The van der Waals surface area contributed by atoms with Gasteiger partial charge in [-0.2, -0.15) is 0 Å². The van der Waals surface area contributed by atoms with Crippen molar-refractivity contribution < 1.29 is 9.21 Å². The van der Waals surface area contributed by atoms with Crippen LogP contribution in [0.4, 0.5) is 5.13 Å². The van der Waals surface area contributed by atoms with Crippen LogP contribution in [-0.2, 0) is 0 Å². The number of aryl methyl sites for hydroxylation is 1. The zero-order valence-electron chi connectivity index (χ0n) is 10.5. The Morgan fingerprint density at radius 2 is 2.33 bits per heavy atom. The van der Waals surface area contributed by atoms with Crippen molar-refractivity contribution in [1.29, 1.82) is 0 Å². The number of anilines is 1. The first-order chi connectivity index (χ1) is 8.61. The molecule has 2 heterocycles. The van der Waals surface area contributed by atoms with Crippen LogP contribution in [0.25, 0.3) is 0 Å². The van der Waals surface area contributed by atoms with Gasteiger partial charge in [0, 0.05) is 17.0 Å². The summed E-state index contributed by atoms with van der Waals surface area (Å²) in [5.41, 5.74) is 1.72. The Bertz CT molecular complexity index is 547. The fraction of sp³-hybridized carbons (Fsp3) is 0.333. The van der Waals surface area contributed by atoms with Gasteiger partial charge in [0.05, 0.1) is 12.0 Å². The molecule has 5 nitrogen and oxygen atoms in total. The maximum atomic E-state index is 11.9. The fourth-order valence-electron chi connectivity index (χ4n) is 1.45. The minimum Gasteiger partial charge on any atom is -0.459 e. The average Bonchev–Trinajstić information content (AvgIpc) is 2.97. The lowest BCUT2D eigenvalue weighted by atomic mass is 10.3. The lowest BCUT2D eigenvalue weighted by molar-refractivity contribution is 0.0996. The third kappa shape index (κ3) is 2.60. The number of carbonyl (C=O) groups excluding carboxylic acids is 1. The van der Waals surface area contributed by atoms with E-state index in [-0.39, 0.29) is 11.9 Å². The van der Waals surface area contributed by atoms with E-state index in [1.54, 1.807) is 6.07 Å². The van der Waals surface area contributed by atoms with Gasteiger partial charge < -0.3 is 9.73 Å². The largest absolute Gasteiger partial charge is 0.459 e. The molecule has 0 aliphatic heterocycles. The first kappa shape index (κ1) is 12.8. The predicted molar refractivity (Wildman–Crippen MR) is 71.0 cm³/mol. The number of rotatable bonds is 4. The summed E-state index contributed by atoms with van der Waals surface area (Å²) < 4.78 is 5.13. The highest BCUT2D eigenvalue weighted by Gasteiger charge is 2.15. The molecule has 2 aromatic heterocycles. The number of hydrogen-bond donors (Lipinski definition) is 2. The molecule has 0 saturated carbocycles. The van der Waals surface area contributed by atoms with E-state index < -0.39 is 0 Å². The number of nitrogens with one attached hydrogen (secondary N) is 2. The van der Waals surface area contributed by atoms with E-state index in [1.807, 2.05) is 26.3 Å². The van der Waals surface area contributed by atoms with Crippen LogP contribution in [0.5, 0.6) is 0 Å². The lowest BCUT2D eigenvalue weighted by Crippen LogP contribution is -2.14. The SMILES string of the molecule is CNC(C)c1csc(NC(=O)c2occc2C)n1. The first-order valence-electron chi connectivity index (χ1n) is 5.60. The van der Waals surface area contributed by atoms with Crippen molar-refractivity contribution in [2.75, 3.05) is 12.4 Å². The van der Waals surface area contributed by atoms with Gasteiger partial charge in [-0.05, 0) is 27.0 Å². The van der Waals surface area contributed by atoms with Crippen molar-refractivity contribution in [3.05, 3.63) is 34.7 Å². The molecule has 0 aliphatic carbocycles. The number of amides is 1. The molecule has 0 aliphatic rings. The molecule has 0 saturated heterocycles. The molecular weight excluding hydrogens is 250 g/mol. The number of nitrogens with zero attached hydrogens (tertiary/aromatic N) is 1. The lowest BCUT2D eigenvalue weighted by Gasteiger charge is -2.05. The molecule has 0 aromatic carbocycles. The molecule has 1 amide bonds. The van der Waals surface area contributed by atoms with Gasteiger partial charge in [-0.3, -0.25) is 10.1 Å². The molecule has 6 heteroatoms. The van der Waals surface area contributed by atoms with Gasteiger partial charge in [0.2, 0.25) is 0 Å². The van der Waals surface area contributed by atoms with Crippen molar-refractivity contribution in [3.63, 3.8) is 0 Å². The summed E-state index contributed by atoms with van der Waals surface area (Å²) in [6.45, 7) is 3.84. The molecule has 0 radical (unpaired) electrons. The maximum absolute atomic E-state index is 11.9. The first-order valence-corrected chi connectivity index (χ1v) is 6.48. The summed E-state index contributed by atoms with van der Waals surface area (Å²) in [5.74, 6) is 0.0592. The minimum atomic E-state index is -0.268. The molecule has 2 rings (SSSR count). The van der Waals surface area contributed by atoms with E-state index in [1.165, 1.54) is 17.6 Å². The Labute approximate surface area is 109 Å². The van der Waals surface area contributed by atoms with Gasteiger partial charge in [0.1, 0.15) is 0 Å². The van der Waals surface area contributed by atoms with Crippen molar-refractivity contribution in [1.82, 2.24) is 10.3 Å². The van der Waals surface area contributed by atoms with Crippen molar-refractivity contribution in [2.45, 2.75) is 19.9 Å². The molecule has 0 spiro atoms. The zero-order chi connectivity index (χ0) is 13.1. The summed E-state index contributed by atoms with van der Waals surface area (Å²) in [4.78, 5) is 16.2. The topological polar surface area (TPSA) is 67.2 Å². The monoisotopic (exact) mass is 265 g/mol. The van der Waals surface area contributed by atoms with Crippen LogP contribution < -0.4 is 10.6 Å². The van der Waals surface area contributed by atoms with E-state index >= 15 is 0 Å². The Hall–Kier alpha value is -1.66. The quantitative estimate of drug-likeness (QED) is 0.891. The van der Waals surface area contributed by atoms with Crippen molar-refractivity contribution in [2.24, 2.45) is 0 Å². The van der Waals surface area contributed by atoms with E-state index in [0.717, 1.165) is 11.3 Å². The zero-order valence-corrected chi connectivity index (χ0v) is 11.3. The standard InChI is InChI=1S/C12H15N3O2S/c1-7-4-5-17-10(7)11(16)15-12-14-9(6-18-12)8(2)13-3/h4-6,8,13H,1-3H3,(H,14,15,16). The third-order valence-corrected chi connectivity index (χ3v) is 3.46. The second kappa shape index (κ2) is 5.32. The van der Waals surface area contributed by atoms with E-state index in [2.05, 4.69) is 15.6 Å². The average molecular weight is 265 g/mol. The van der Waals surface area contributed by atoms with Crippen LogP contribution in [-0.4, -0.2) is 17.9 Å². The second-order valence-corrected chi connectivity index (χ2v) is 4.83. The van der Waals surface area contributed by atoms with Crippen LogP contribution in [0.15, 0.2) is 22.1 Å². The number of thiazole rings is 1. The number of carbonyl (C=O) groups is 1. The second-order valence-electron chi connectivity index (χ2n) is 3.97. The Kier molecular flexibility index (Phi) is 3.78. The van der Waals surface area contributed by atoms with E-state index in [4.69, 9.17) is 4.42 Å². The summed E-state index contributed by atoms with van der Waals surface area (Å²) >= 11 is 1.40. The Morgan fingerprint density at radius 1 is 1.56 bits per heavy atom. The van der Waals surface area contributed by atoms with E-state index in [0.29, 0.717) is 10.9 Å². The van der Waals surface area contributed by atoms with Crippen molar-refractivity contribution >= 4 is 22.4 Å². The molecule has 2 aromatic rings. The van der Waals surface area contributed by atoms with Gasteiger partial charge in [0.15, 0.2) is 10.9 Å². The van der Waals surface area contributed by atoms with Gasteiger partial charge in [-0.1, -0.05) is 0 Å². The summed E-state index contributed by atoms with van der Waals surface area (Å²) in [6, 6.07) is 1.92. The smallest absolute Gasteiger partial charge is 0.293 e. The molecule has 1 unspecified atom stereocenters. The van der Waals surface area contributed by atoms with Crippen molar-refractivity contribution in [3.8, 4) is 0 Å². The molecule has 2 N–H and O–H groups in total. The minimum absolute atomic E-state index is 0.164. The van der Waals surface area contributed by atoms with Gasteiger partial charge in [0.25, 0.3) is 5.91 Å². The van der Waals surface area contributed by atoms with Gasteiger partial charge in [-0.25, -0.2) is 4.98 Å². The number of hydrogen-bond acceptors (Lipinski definition) is 5. The summed E-state index contributed by atoms with van der Waals surface area (Å²) in [5, 5.41) is 8.33. The Balaban J connectivity index is 2.08.